The van der Waals surface area contributed by atoms with Crippen LogP contribution >= 0.6 is 0 Å². The normalized spacial score (nSPS) is 13.3. The fraction of sp³-hybridized carbons (Fsp3) is 0.250. The second-order valence-electron chi connectivity index (χ2n) is 6.34. The Kier molecular flexibility index (Phi) is 4.74. The van der Waals surface area contributed by atoms with Crippen LogP contribution in [0.25, 0.3) is 11.3 Å². The highest BCUT2D eigenvalue weighted by Gasteiger charge is 2.14. The first-order valence-electron chi connectivity index (χ1n) is 8.94. The van der Waals surface area contributed by atoms with Crippen molar-refractivity contribution in [3.8, 4) is 22.8 Å². The standard InChI is InChI=1S/C20H21N5O2/c1-3-13(2)22-20-24-16(14-6-8-21-9-7-14)11-19(25-20)23-15-4-5-17-18(10-15)27-12-26-17/h4-11,13H,3,12H2,1-2H3,(H2,22,23,24,25)/t13-/m0/s1. The van der Waals surface area contributed by atoms with Gasteiger partial charge in [0.15, 0.2) is 11.5 Å². The van der Waals surface area contributed by atoms with Crippen molar-refractivity contribution >= 4 is 17.5 Å². The zero-order chi connectivity index (χ0) is 18.6. The molecule has 2 aromatic heterocycles. The van der Waals surface area contributed by atoms with E-state index in [4.69, 9.17) is 9.47 Å². The van der Waals surface area contributed by atoms with Crippen molar-refractivity contribution in [1.82, 2.24) is 15.0 Å². The molecule has 0 saturated carbocycles. The zero-order valence-corrected chi connectivity index (χ0v) is 15.3. The van der Waals surface area contributed by atoms with Gasteiger partial charge in [0.05, 0.1) is 5.69 Å². The van der Waals surface area contributed by atoms with E-state index in [2.05, 4.69) is 39.4 Å². The average Bonchev–Trinajstić information content (AvgIpc) is 3.16. The van der Waals surface area contributed by atoms with Crippen molar-refractivity contribution in [3.63, 3.8) is 0 Å². The summed E-state index contributed by atoms with van der Waals surface area (Å²) in [6, 6.07) is 11.8. The minimum absolute atomic E-state index is 0.251. The molecule has 0 fully saturated rings. The van der Waals surface area contributed by atoms with Crippen LogP contribution in [0.4, 0.5) is 17.5 Å². The molecule has 0 unspecified atom stereocenters. The van der Waals surface area contributed by atoms with Gasteiger partial charge in [-0.25, -0.2) is 4.98 Å². The number of ether oxygens (including phenoxy) is 2. The molecule has 3 heterocycles. The largest absolute Gasteiger partial charge is 0.454 e. The third-order valence-corrected chi connectivity index (χ3v) is 4.34. The molecule has 0 amide bonds. The number of hydrogen-bond donors (Lipinski definition) is 2. The topological polar surface area (TPSA) is 81.2 Å². The highest BCUT2D eigenvalue weighted by molar-refractivity contribution is 5.68. The van der Waals surface area contributed by atoms with E-state index in [0.29, 0.717) is 11.8 Å². The maximum atomic E-state index is 5.45. The number of anilines is 3. The Hall–Kier alpha value is -3.35. The second kappa shape index (κ2) is 7.49. The lowest BCUT2D eigenvalue weighted by Gasteiger charge is -2.14. The number of nitrogens with one attached hydrogen (secondary N) is 2. The maximum absolute atomic E-state index is 5.45. The molecule has 0 radical (unpaired) electrons. The molecule has 27 heavy (non-hydrogen) atoms. The van der Waals surface area contributed by atoms with E-state index in [9.17, 15) is 0 Å². The first kappa shape index (κ1) is 17.1. The lowest BCUT2D eigenvalue weighted by molar-refractivity contribution is 0.174. The van der Waals surface area contributed by atoms with Crippen LogP contribution in [0.3, 0.4) is 0 Å². The van der Waals surface area contributed by atoms with E-state index >= 15 is 0 Å². The van der Waals surface area contributed by atoms with Crippen molar-refractivity contribution in [1.29, 1.82) is 0 Å². The predicted molar refractivity (Wildman–Crippen MR) is 104 cm³/mol. The molecule has 1 aliphatic rings. The molecule has 1 aromatic carbocycles. The molecule has 2 N–H and O–H groups in total. The number of hydrogen-bond acceptors (Lipinski definition) is 7. The second-order valence-corrected chi connectivity index (χ2v) is 6.34. The minimum Gasteiger partial charge on any atom is -0.454 e. The van der Waals surface area contributed by atoms with Crippen molar-refractivity contribution in [2.45, 2.75) is 26.3 Å². The Bertz CT molecular complexity index is 933. The summed E-state index contributed by atoms with van der Waals surface area (Å²) >= 11 is 0. The van der Waals surface area contributed by atoms with Gasteiger partial charge in [0.25, 0.3) is 0 Å². The van der Waals surface area contributed by atoms with Gasteiger partial charge in [0.1, 0.15) is 5.82 Å². The number of rotatable bonds is 6. The van der Waals surface area contributed by atoms with Crippen LogP contribution in [0.5, 0.6) is 11.5 Å². The third-order valence-electron chi connectivity index (χ3n) is 4.34. The number of nitrogens with zero attached hydrogens (tertiary/aromatic N) is 3. The fourth-order valence-electron chi connectivity index (χ4n) is 2.69. The number of aromatic nitrogens is 3. The van der Waals surface area contributed by atoms with Crippen LogP contribution in [0, 0.1) is 0 Å². The Balaban J connectivity index is 1.67. The molecule has 0 aliphatic carbocycles. The summed E-state index contributed by atoms with van der Waals surface area (Å²) in [6.07, 6.45) is 4.49. The lowest BCUT2D eigenvalue weighted by Crippen LogP contribution is -2.16. The summed E-state index contributed by atoms with van der Waals surface area (Å²) in [6.45, 7) is 4.48. The highest BCUT2D eigenvalue weighted by Crippen LogP contribution is 2.35. The summed E-state index contributed by atoms with van der Waals surface area (Å²) < 4.78 is 10.8. The lowest BCUT2D eigenvalue weighted by atomic mass is 10.2. The van der Waals surface area contributed by atoms with Gasteiger partial charge in [-0.3, -0.25) is 4.98 Å². The first-order chi connectivity index (χ1) is 13.2. The molecule has 4 rings (SSSR count). The summed E-state index contributed by atoms with van der Waals surface area (Å²) in [5.74, 6) is 2.75. The SMILES string of the molecule is CC[C@H](C)Nc1nc(Nc2ccc3c(c2)OCO3)cc(-c2ccncc2)n1. The van der Waals surface area contributed by atoms with Crippen LogP contribution in [0.1, 0.15) is 20.3 Å². The van der Waals surface area contributed by atoms with Crippen LogP contribution < -0.4 is 20.1 Å². The number of fused-ring (bicyclic) bond motifs is 1. The molecule has 0 saturated heterocycles. The van der Waals surface area contributed by atoms with Crippen LogP contribution in [-0.2, 0) is 0 Å². The number of pyridine rings is 1. The van der Waals surface area contributed by atoms with E-state index in [1.807, 2.05) is 36.4 Å². The van der Waals surface area contributed by atoms with Crippen LogP contribution in [-0.4, -0.2) is 27.8 Å². The molecule has 7 nitrogen and oxygen atoms in total. The Labute approximate surface area is 157 Å². The van der Waals surface area contributed by atoms with Gasteiger partial charge in [0.2, 0.25) is 12.7 Å². The van der Waals surface area contributed by atoms with Gasteiger partial charge in [-0.2, -0.15) is 4.98 Å². The molecule has 7 heteroatoms. The van der Waals surface area contributed by atoms with E-state index < -0.39 is 0 Å². The third kappa shape index (κ3) is 3.92. The first-order valence-corrected chi connectivity index (χ1v) is 8.94. The molecule has 0 spiro atoms. The Morgan fingerprint density at radius 3 is 2.67 bits per heavy atom. The zero-order valence-electron chi connectivity index (χ0n) is 15.3. The molecule has 3 aromatic rings. The summed E-state index contributed by atoms with van der Waals surface area (Å²) in [7, 11) is 0. The monoisotopic (exact) mass is 363 g/mol. The van der Waals surface area contributed by atoms with Crippen LogP contribution in [0.2, 0.25) is 0 Å². The molecule has 1 aliphatic heterocycles. The minimum atomic E-state index is 0.251. The van der Waals surface area contributed by atoms with Crippen molar-refractivity contribution in [2.75, 3.05) is 17.4 Å². The van der Waals surface area contributed by atoms with Gasteiger partial charge in [-0.1, -0.05) is 6.92 Å². The van der Waals surface area contributed by atoms with Gasteiger partial charge in [0, 0.05) is 41.8 Å². The van der Waals surface area contributed by atoms with Gasteiger partial charge >= 0.3 is 0 Å². The smallest absolute Gasteiger partial charge is 0.231 e. The Morgan fingerprint density at radius 1 is 1.04 bits per heavy atom. The summed E-state index contributed by atoms with van der Waals surface area (Å²) in [4.78, 5) is 13.3. The van der Waals surface area contributed by atoms with Gasteiger partial charge in [-0.05, 0) is 37.6 Å². The van der Waals surface area contributed by atoms with E-state index in [0.717, 1.165) is 34.9 Å². The van der Waals surface area contributed by atoms with Crippen molar-refractivity contribution < 1.29 is 9.47 Å². The molecular weight excluding hydrogens is 342 g/mol. The highest BCUT2D eigenvalue weighted by atomic mass is 16.7. The van der Waals surface area contributed by atoms with E-state index in [-0.39, 0.29) is 12.8 Å². The van der Waals surface area contributed by atoms with Gasteiger partial charge < -0.3 is 20.1 Å². The van der Waals surface area contributed by atoms with Crippen molar-refractivity contribution in [3.05, 3.63) is 48.8 Å². The maximum Gasteiger partial charge on any atom is 0.231 e. The number of benzene rings is 1. The quantitative estimate of drug-likeness (QED) is 0.678. The Morgan fingerprint density at radius 2 is 1.85 bits per heavy atom. The molecule has 0 bridgehead atoms. The molecule has 1 atom stereocenters. The fourth-order valence-corrected chi connectivity index (χ4v) is 2.69. The predicted octanol–water partition coefficient (Wildman–Crippen LogP) is 4.22. The van der Waals surface area contributed by atoms with Crippen molar-refractivity contribution in [2.24, 2.45) is 0 Å². The summed E-state index contributed by atoms with van der Waals surface area (Å²) in [5.41, 5.74) is 2.67. The van der Waals surface area contributed by atoms with E-state index in [1.54, 1.807) is 12.4 Å². The molecular formula is C20H21N5O2. The van der Waals surface area contributed by atoms with Crippen LogP contribution in [0.15, 0.2) is 48.8 Å². The average molecular weight is 363 g/mol. The molecule has 138 valence electrons. The van der Waals surface area contributed by atoms with Gasteiger partial charge in [-0.15, -0.1) is 0 Å². The summed E-state index contributed by atoms with van der Waals surface area (Å²) in [5, 5.41) is 6.68. The van der Waals surface area contributed by atoms with E-state index in [1.165, 1.54) is 0 Å².